The molecule has 1 heterocycles. The second kappa shape index (κ2) is 5.43. The largest absolute Gasteiger partial charge is 0.385 e. The van der Waals surface area contributed by atoms with E-state index in [-0.39, 0.29) is 11.6 Å². The van der Waals surface area contributed by atoms with Crippen LogP contribution in [0, 0.1) is 0 Å². The number of aliphatic hydroxyl groups is 1. The molecule has 0 aromatic carbocycles. The molecular weight excluding hydrogens is 262 g/mol. The number of nitrogens with zero attached hydrogens (tertiary/aromatic N) is 3. The molecule has 19 heavy (non-hydrogen) atoms. The Morgan fingerprint density at radius 1 is 1.37 bits per heavy atom. The molecule has 0 amide bonds. The lowest BCUT2D eigenvalue weighted by molar-refractivity contribution is -0.0104. The summed E-state index contributed by atoms with van der Waals surface area (Å²) in [6.07, 6.45) is 5.35. The molecule has 2 rings (SSSR count). The summed E-state index contributed by atoms with van der Waals surface area (Å²) in [5.74, 6) is 0. The van der Waals surface area contributed by atoms with Crippen LogP contribution in [0.4, 0.5) is 0 Å². The van der Waals surface area contributed by atoms with Crippen molar-refractivity contribution in [2.24, 2.45) is 0 Å². The number of aromatic nitrogens is 2. The Balaban J connectivity index is 2.43. The number of hydrogen-bond acceptors (Lipinski definition) is 3. The maximum atomic E-state index is 11.0. The molecule has 1 saturated carbocycles. The van der Waals surface area contributed by atoms with Crippen LogP contribution in [-0.2, 0) is 0 Å². The summed E-state index contributed by atoms with van der Waals surface area (Å²) in [7, 11) is 4.08. The average molecular weight is 286 g/mol. The normalized spacial score (nSPS) is 20.4. The van der Waals surface area contributed by atoms with E-state index in [1.54, 1.807) is 6.20 Å². The first-order valence-electron chi connectivity index (χ1n) is 6.98. The van der Waals surface area contributed by atoms with Crippen LogP contribution in [-0.4, -0.2) is 39.4 Å². The lowest BCUT2D eigenvalue weighted by atomic mass is 9.87. The molecule has 1 unspecified atom stereocenters. The number of hydrogen-bond donors (Lipinski definition) is 1. The zero-order valence-electron chi connectivity index (χ0n) is 12.2. The summed E-state index contributed by atoms with van der Waals surface area (Å²) in [6, 6.07) is 0.192. The van der Waals surface area contributed by atoms with Crippen molar-refractivity contribution >= 4 is 11.6 Å². The summed E-state index contributed by atoms with van der Waals surface area (Å²) in [5, 5.41) is 15.8. The summed E-state index contributed by atoms with van der Waals surface area (Å²) in [4.78, 5) is 2.15. The minimum Gasteiger partial charge on any atom is -0.385 e. The SMILES string of the molecule is CC(C)n1ncc(Cl)c1C(O)C1(N(C)C)CCCC1. The smallest absolute Gasteiger partial charge is 0.115 e. The van der Waals surface area contributed by atoms with Crippen LogP contribution in [0.2, 0.25) is 5.02 Å². The zero-order chi connectivity index (χ0) is 14.2. The van der Waals surface area contributed by atoms with E-state index in [1.165, 1.54) is 0 Å². The molecule has 0 spiro atoms. The zero-order valence-corrected chi connectivity index (χ0v) is 13.0. The van der Waals surface area contributed by atoms with Gasteiger partial charge in [0.2, 0.25) is 0 Å². The third-order valence-electron chi connectivity index (χ3n) is 4.40. The highest BCUT2D eigenvalue weighted by molar-refractivity contribution is 6.31. The summed E-state index contributed by atoms with van der Waals surface area (Å²) >= 11 is 6.27. The van der Waals surface area contributed by atoms with Crippen LogP contribution >= 0.6 is 11.6 Å². The van der Waals surface area contributed by atoms with Gasteiger partial charge in [0.15, 0.2) is 0 Å². The van der Waals surface area contributed by atoms with E-state index >= 15 is 0 Å². The van der Waals surface area contributed by atoms with E-state index < -0.39 is 6.10 Å². The number of rotatable bonds is 4. The maximum absolute atomic E-state index is 11.0. The fourth-order valence-corrected chi connectivity index (χ4v) is 3.46. The second-order valence-electron chi connectivity index (χ2n) is 6.02. The molecule has 4 nitrogen and oxygen atoms in total. The molecule has 0 aliphatic heterocycles. The Bertz CT molecular complexity index is 436. The second-order valence-corrected chi connectivity index (χ2v) is 6.43. The predicted octanol–water partition coefficient (Wildman–Crippen LogP) is 3.03. The highest BCUT2D eigenvalue weighted by Crippen LogP contribution is 2.45. The fraction of sp³-hybridized carbons (Fsp3) is 0.786. The standard InChI is InChI=1S/C14H24ClN3O/c1-10(2)18-12(11(15)9-16-18)13(19)14(17(3)4)7-5-6-8-14/h9-10,13,19H,5-8H2,1-4H3. The van der Waals surface area contributed by atoms with E-state index in [1.807, 2.05) is 18.8 Å². The quantitative estimate of drug-likeness (QED) is 0.924. The highest BCUT2D eigenvalue weighted by Gasteiger charge is 2.45. The molecule has 0 bridgehead atoms. The lowest BCUT2D eigenvalue weighted by Crippen LogP contribution is -2.47. The van der Waals surface area contributed by atoms with Gasteiger partial charge in [0.25, 0.3) is 0 Å². The highest BCUT2D eigenvalue weighted by atomic mass is 35.5. The molecule has 1 N–H and O–H groups in total. The van der Waals surface area contributed by atoms with Gasteiger partial charge in [-0.25, -0.2) is 0 Å². The van der Waals surface area contributed by atoms with Gasteiger partial charge in [-0.05, 0) is 40.8 Å². The molecule has 1 atom stereocenters. The van der Waals surface area contributed by atoms with Crippen LogP contribution in [0.15, 0.2) is 6.20 Å². The van der Waals surface area contributed by atoms with Gasteiger partial charge < -0.3 is 10.0 Å². The van der Waals surface area contributed by atoms with Crippen molar-refractivity contribution in [3.63, 3.8) is 0 Å². The van der Waals surface area contributed by atoms with Gasteiger partial charge >= 0.3 is 0 Å². The third-order valence-corrected chi connectivity index (χ3v) is 4.70. The lowest BCUT2D eigenvalue weighted by Gasteiger charge is -2.41. The third kappa shape index (κ3) is 2.41. The topological polar surface area (TPSA) is 41.3 Å². The van der Waals surface area contributed by atoms with Crippen molar-refractivity contribution in [3.05, 3.63) is 16.9 Å². The molecule has 1 fully saturated rings. The fourth-order valence-electron chi connectivity index (χ4n) is 3.23. The molecule has 0 radical (unpaired) electrons. The van der Waals surface area contributed by atoms with Crippen LogP contribution in [0.25, 0.3) is 0 Å². The van der Waals surface area contributed by atoms with Gasteiger partial charge in [0, 0.05) is 6.04 Å². The minimum absolute atomic E-state index is 0.192. The number of aliphatic hydroxyl groups excluding tert-OH is 1. The van der Waals surface area contributed by atoms with Crippen molar-refractivity contribution in [2.45, 2.75) is 57.2 Å². The first-order valence-corrected chi connectivity index (χ1v) is 7.36. The van der Waals surface area contributed by atoms with Gasteiger partial charge in [-0.3, -0.25) is 4.68 Å². The van der Waals surface area contributed by atoms with Crippen molar-refractivity contribution < 1.29 is 5.11 Å². The molecule has 1 aliphatic rings. The number of likely N-dealkylation sites (N-methyl/N-ethyl adjacent to an activating group) is 1. The molecule has 0 saturated heterocycles. The van der Waals surface area contributed by atoms with Crippen molar-refractivity contribution in [1.82, 2.24) is 14.7 Å². The van der Waals surface area contributed by atoms with E-state index in [9.17, 15) is 5.11 Å². The Hall–Kier alpha value is -0.580. The van der Waals surface area contributed by atoms with Gasteiger partial charge in [-0.15, -0.1) is 0 Å². The first kappa shape index (κ1) is 14.8. The molecule has 1 aromatic rings. The predicted molar refractivity (Wildman–Crippen MR) is 77.5 cm³/mol. The minimum atomic E-state index is -0.595. The summed E-state index contributed by atoms with van der Waals surface area (Å²) < 4.78 is 1.84. The van der Waals surface area contributed by atoms with E-state index in [2.05, 4.69) is 23.8 Å². The van der Waals surface area contributed by atoms with Crippen LogP contribution in [0.3, 0.4) is 0 Å². The monoisotopic (exact) mass is 285 g/mol. The Kier molecular flexibility index (Phi) is 4.23. The van der Waals surface area contributed by atoms with Crippen molar-refractivity contribution in [2.75, 3.05) is 14.1 Å². The summed E-state index contributed by atoms with van der Waals surface area (Å²) in [5.41, 5.74) is 0.545. The van der Waals surface area contributed by atoms with Crippen molar-refractivity contribution in [3.8, 4) is 0 Å². The molecule has 5 heteroatoms. The van der Waals surface area contributed by atoms with Gasteiger partial charge in [-0.1, -0.05) is 24.4 Å². The molecular formula is C14H24ClN3O. The van der Waals surface area contributed by atoms with Gasteiger partial charge in [0.1, 0.15) is 6.10 Å². The Morgan fingerprint density at radius 3 is 2.42 bits per heavy atom. The van der Waals surface area contributed by atoms with E-state index in [0.29, 0.717) is 5.02 Å². The Morgan fingerprint density at radius 2 is 1.95 bits per heavy atom. The van der Waals surface area contributed by atoms with E-state index in [0.717, 1.165) is 31.4 Å². The first-order chi connectivity index (χ1) is 8.90. The Labute approximate surface area is 120 Å². The van der Waals surface area contributed by atoms with Crippen LogP contribution in [0.5, 0.6) is 0 Å². The maximum Gasteiger partial charge on any atom is 0.115 e. The molecule has 108 valence electrons. The van der Waals surface area contributed by atoms with Crippen LogP contribution in [0.1, 0.15) is 57.4 Å². The van der Waals surface area contributed by atoms with Crippen LogP contribution < -0.4 is 0 Å². The molecule has 1 aromatic heterocycles. The van der Waals surface area contributed by atoms with Crippen molar-refractivity contribution in [1.29, 1.82) is 0 Å². The van der Waals surface area contributed by atoms with E-state index in [4.69, 9.17) is 11.6 Å². The average Bonchev–Trinajstić information content (AvgIpc) is 2.94. The molecule has 1 aliphatic carbocycles. The summed E-state index contributed by atoms with van der Waals surface area (Å²) in [6.45, 7) is 4.10. The number of halogens is 1. The van der Waals surface area contributed by atoms with Gasteiger partial charge in [0.05, 0.1) is 22.5 Å². The van der Waals surface area contributed by atoms with Gasteiger partial charge in [-0.2, -0.15) is 5.10 Å².